The molecule has 1 aliphatic heterocycles. The number of rotatable bonds is 3. The number of fused-ring (bicyclic) bond motifs is 1. The van der Waals surface area contributed by atoms with Crippen molar-refractivity contribution in [2.24, 2.45) is 7.05 Å². The number of benzene rings is 1. The average molecular weight is 339 g/mol. The van der Waals surface area contributed by atoms with Crippen LogP contribution in [0.4, 0.5) is 0 Å². The van der Waals surface area contributed by atoms with E-state index in [1.807, 2.05) is 37.4 Å². The topological polar surface area (TPSA) is 58.3 Å². The highest BCUT2D eigenvalue weighted by Gasteiger charge is 2.20. The van der Waals surface area contributed by atoms with Gasteiger partial charge >= 0.3 is 0 Å². The predicted molar refractivity (Wildman–Crippen MR) is 95.7 cm³/mol. The molecule has 6 nitrogen and oxygen atoms in total. The van der Waals surface area contributed by atoms with Gasteiger partial charge in [0, 0.05) is 24.4 Å². The zero-order valence-corrected chi connectivity index (χ0v) is 14.4. The molecule has 0 saturated carbocycles. The number of imidazole rings is 1. The van der Waals surface area contributed by atoms with Crippen molar-refractivity contribution in [1.82, 2.24) is 14.1 Å². The normalized spacial score (nSPS) is 17.9. The number of aryl methyl sites for hydroxylation is 2. The maximum atomic E-state index is 12.0. The van der Waals surface area contributed by atoms with Crippen molar-refractivity contribution in [2.75, 3.05) is 19.8 Å². The Bertz CT molecular complexity index is 941. The van der Waals surface area contributed by atoms with Crippen LogP contribution in [0.25, 0.3) is 22.4 Å². The molecule has 4 rings (SSSR count). The van der Waals surface area contributed by atoms with E-state index < -0.39 is 0 Å². The van der Waals surface area contributed by atoms with Crippen molar-refractivity contribution in [2.45, 2.75) is 19.6 Å². The fraction of sp³-hybridized carbons (Fsp3) is 0.368. The second kappa shape index (κ2) is 6.46. The minimum atomic E-state index is -0.00117. The molecule has 1 fully saturated rings. The molecule has 3 aromatic rings. The van der Waals surface area contributed by atoms with E-state index >= 15 is 0 Å². The van der Waals surface area contributed by atoms with Gasteiger partial charge in [-0.05, 0) is 25.1 Å². The van der Waals surface area contributed by atoms with Gasteiger partial charge in [-0.3, -0.25) is 4.79 Å². The van der Waals surface area contributed by atoms with Crippen molar-refractivity contribution >= 4 is 11.0 Å². The highest BCUT2D eigenvalue weighted by molar-refractivity contribution is 5.80. The summed E-state index contributed by atoms with van der Waals surface area (Å²) in [4.78, 5) is 16.8. The van der Waals surface area contributed by atoms with Crippen LogP contribution in [-0.2, 0) is 23.1 Å². The summed E-state index contributed by atoms with van der Waals surface area (Å²) < 4.78 is 15.1. The summed E-state index contributed by atoms with van der Waals surface area (Å²) in [5.41, 5.74) is 3.62. The van der Waals surface area contributed by atoms with Crippen molar-refractivity contribution in [3.05, 3.63) is 52.4 Å². The second-order valence-corrected chi connectivity index (χ2v) is 6.43. The van der Waals surface area contributed by atoms with E-state index in [1.165, 1.54) is 0 Å². The van der Waals surface area contributed by atoms with Crippen LogP contribution in [0.15, 0.2) is 41.3 Å². The molecule has 1 aromatic carbocycles. The molecule has 0 N–H and O–H groups in total. The van der Waals surface area contributed by atoms with E-state index in [9.17, 15) is 4.79 Å². The molecular weight excluding hydrogens is 318 g/mol. The van der Waals surface area contributed by atoms with E-state index in [-0.39, 0.29) is 11.7 Å². The van der Waals surface area contributed by atoms with Crippen LogP contribution in [-0.4, -0.2) is 40.0 Å². The Labute approximate surface area is 145 Å². The zero-order valence-electron chi connectivity index (χ0n) is 14.4. The summed E-state index contributed by atoms with van der Waals surface area (Å²) in [5.74, 6) is 0.842. The maximum Gasteiger partial charge on any atom is 0.253 e. The van der Waals surface area contributed by atoms with Crippen LogP contribution in [0.5, 0.6) is 0 Å². The lowest BCUT2D eigenvalue weighted by molar-refractivity contribution is -0.0931. The molecule has 1 unspecified atom stereocenters. The number of hydrogen-bond donors (Lipinski definition) is 0. The van der Waals surface area contributed by atoms with Gasteiger partial charge in [-0.1, -0.05) is 12.1 Å². The predicted octanol–water partition coefficient (Wildman–Crippen LogP) is 2.13. The lowest BCUT2D eigenvalue weighted by Gasteiger charge is -2.24. The van der Waals surface area contributed by atoms with Crippen molar-refractivity contribution in [1.29, 1.82) is 0 Å². The Morgan fingerprint density at radius 1 is 1.28 bits per heavy atom. The third-order valence-electron chi connectivity index (χ3n) is 4.55. The Morgan fingerprint density at radius 3 is 2.88 bits per heavy atom. The number of hydrogen-bond acceptors (Lipinski definition) is 4. The van der Waals surface area contributed by atoms with Crippen molar-refractivity contribution < 1.29 is 9.47 Å². The molecule has 130 valence electrons. The summed E-state index contributed by atoms with van der Waals surface area (Å²) in [6.45, 7) is 4.34. The molecular formula is C19H21N3O3. The average Bonchev–Trinajstić information content (AvgIpc) is 2.99. The van der Waals surface area contributed by atoms with Gasteiger partial charge in [-0.15, -0.1) is 0 Å². The Morgan fingerprint density at radius 2 is 2.12 bits per heavy atom. The summed E-state index contributed by atoms with van der Waals surface area (Å²) in [5, 5.41) is 0. The molecule has 0 spiro atoms. The molecule has 6 heteroatoms. The molecule has 25 heavy (non-hydrogen) atoms. The Kier molecular flexibility index (Phi) is 4.15. The SMILES string of the molecule is Cc1cc(-c2nc3ccccc3n2CC2COCCO2)cn(C)c1=O. The Balaban J connectivity index is 1.85. The van der Waals surface area contributed by atoms with Gasteiger partial charge in [0.25, 0.3) is 5.56 Å². The number of nitrogens with zero attached hydrogens (tertiary/aromatic N) is 3. The standard InChI is InChI=1S/C19H21N3O3/c1-13-9-14(10-21(2)19(13)23)18-20-16-5-3-4-6-17(16)22(18)11-15-12-24-7-8-25-15/h3-6,9-10,15H,7-8,11-12H2,1-2H3. The maximum absolute atomic E-state index is 12.0. The van der Waals surface area contributed by atoms with Crippen molar-refractivity contribution in [3.8, 4) is 11.4 Å². The molecule has 0 amide bonds. The molecule has 0 radical (unpaired) electrons. The zero-order chi connectivity index (χ0) is 17.4. The van der Waals surface area contributed by atoms with Gasteiger partial charge in [-0.2, -0.15) is 0 Å². The Hall–Kier alpha value is -2.44. The van der Waals surface area contributed by atoms with E-state index in [2.05, 4.69) is 10.6 Å². The van der Waals surface area contributed by atoms with Gasteiger partial charge in [0.05, 0.1) is 43.5 Å². The molecule has 1 saturated heterocycles. The fourth-order valence-corrected chi connectivity index (χ4v) is 3.33. The van der Waals surface area contributed by atoms with E-state index in [1.54, 1.807) is 11.6 Å². The first-order valence-corrected chi connectivity index (χ1v) is 8.46. The van der Waals surface area contributed by atoms with Gasteiger partial charge in [0.1, 0.15) is 5.82 Å². The quantitative estimate of drug-likeness (QED) is 0.733. The minimum absolute atomic E-state index is 0.00117. The highest BCUT2D eigenvalue weighted by atomic mass is 16.6. The summed E-state index contributed by atoms with van der Waals surface area (Å²) in [6, 6.07) is 9.95. The number of pyridine rings is 1. The molecule has 3 heterocycles. The monoisotopic (exact) mass is 339 g/mol. The molecule has 0 aliphatic carbocycles. The van der Waals surface area contributed by atoms with E-state index in [4.69, 9.17) is 14.5 Å². The van der Waals surface area contributed by atoms with Crippen LogP contribution in [0, 0.1) is 6.92 Å². The number of aromatic nitrogens is 3. The third kappa shape index (κ3) is 2.99. The summed E-state index contributed by atoms with van der Waals surface area (Å²) in [7, 11) is 1.77. The second-order valence-electron chi connectivity index (χ2n) is 6.43. The lowest BCUT2D eigenvalue weighted by atomic mass is 10.2. The van der Waals surface area contributed by atoms with Crippen LogP contribution in [0.1, 0.15) is 5.56 Å². The summed E-state index contributed by atoms with van der Waals surface area (Å²) in [6.07, 6.45) is 1.84. The first kappa shape index (κ1) is 16.1. The van der Waals surface area contributed by atoms with Crippen LogP contribution in [0.2, 0.25) is 0 Å². The fourth-order valence-electron chi connectivity index (χ4n) is 3.33. The number of para-hydroxylation sites is 2. The van der Waals surface area contributed by atoms with Gasteiger partial charge < -0.3 is 18.6 Å². The molecule has 1 aliphatic rings. The molecule has 2 aromatic heterocycles. The van der Waals surface area contributed by atoms with E-state index in [0.717, 1.165) is 22.4 Å². The van der Waals surface area contributed by atoms with Crippen molar-refractivity contribution in [3.63, 3.8) is 0 Å². The third-order valence-corrected chi connectivity index (χ3v) is 4.55. The van der Waals surface area contributed by atoms with Gasteiger partial charge in [0.2, 0.25) is 0 Å². The first-order valence-electron chi connectivity index (χ1n) is 8.46. The van der Waals surface area contributed by atoms with Gasteiger partial charge in [0.15, 0.2) is 0 Å². The first-order chi connectivity index (χ1) is 12.1. The minimum Gasteiger partial charge on any atom is -0.376 e. The van der Waals surface area contributed by atoms with Crippen LogP contribution >= 0.6 is 0 Å². The summed E-state index contributed by atoms with van der Waals surface area (Å²) >= 11 is 0. The lowest BCUT2D eigenvalue weighted by Crippen LogP contribution is -2.32. The largest absolute Gasteiger partial charge is 0.376 e. The molecule has 1 atom stereocenters. The smallest absolute Gasteiger partial charge is 0.253 e. The highest BCUT2D eigenvalue weighted by Crippen LogP contribution is 2.25. The van der Waals surface area contributed by atoms with Gasteiger partial charge in [-0.25, -0.2) is 4.98 Å². The van der Waals surface area contributed by atoms with E-state index in [0.29, 0.717) is 31.9 Å². The number of ether oxygens (including phenoxy) is 2. The van der Waals surface area contributed by atoms with Crippen LogP contribution in [0.3, 0.4) is 0 Å². The van der Waals surface area contributed by atoms with Crippen LogP contribution < -0.4 is 5.56 Å². The molecule has 0 bridgehead atoms.